The molecular weight excluding hydrogens is 266 g/mol. The lowest BCUT2D eigenvalue weighted by molar-refractivity contribution is 0.101. The molecule has 2 heterocycles. The summed E-state index contributed by atoms with van der Waals surface area (Å²) in [6.07, 6.45) is 0. The maximum atomic E-state index is 10.7. The summed E-state index contributed by atoms with van der Waals surface area (Å²) in [4.78, 5) is 18.9. The standard InChI is InChI=1S/C8H10N2O.C8H9NO/c1-6-4-3-5-8(9-6)7(2)10-11;1-6-4-3-5-8(9-6)7(2)10/h3-5,11H,1-2H3;3-5H,1-2H3/b10-7+;. The van der Waals surface area contributed by atoms with Crippen molar-refractivity contribution in [3.8, 4) is 0 Å². The Hall–Kier alpha value is -2.56. The summed E-state index contributed by atoms with van der Waals surface area (Å²) >= 11 is 0. The normalized spacial score (nSPS) is 10.6. The second-order valence-corrected chi connectivity index (χ2v) is 4.57. The van der Waals surface area contributed by atoms with Crippen LogP contribution in [0.2, 0.25) is 0 Å². The van der Waals surface area contributed by atoms with E-state index in [4.69, 9.17) is 5.21 Å². The van der Waals surface area contributed by atoms with Crippen molar-refractivity contribution in [3.63, 3.8) is 0 Å². The molecule has 0 atom stereocenters. The maximum Gasteiger partial charge on any atom is 0.178 e. The summed E-state index contributed by atoms with van der Waals surface area (Å²) in [6, 6.07) is 11.0. The Morgan fingerprint density at radius 3 is 1.81 bits per heavy atom. The van der Waals surface area contributed by atoms with Crippen molar-refractivity contribution in [3.05, 3.63) is 59.2 Å². The van der Waals surface area contributed by atoms with Crippen molar-refractivity contribution in [2.45, 2.75) is 27.7 Å². The van der Waals surface area contributed by atoms with Crippen LogP contribution in [-0.2, 0) is 0 Å². The van der Waals surface area contributed by atoms with Gasteiger partial charge in [-0.15, -0.1) is 0 Å². The predicted molar refractivity (Wildman–Crippen MR) is 82.0 cm³/mol. The molecule has 2 aromatic heterocycles. The first-order chi connectivity index (χ1) is 9.93. The van der Waals surface area contributed by atoms with Crippen LogP contribution in [0.15, 0.2) is 41.6 Å². The van der Waals surface area contributed by atoms with E-state index >= 15 is 0 Å². The highest BCUT2D eigenvalue weighted by Crippen LogP contribution is 1.99. The molecule has 5 nitrogen and oxygen atoms in total. The monoisotopic (exact) mass is 285 g/mol. The number of hydrogen-bond acceptors (Lipinski definition) is 5. The van der Waals surface area contributed by atoms with Crippen LogP contribution in [0.25, 0.3) is 0 Å². The van der Waals surface area contributed by atoms with Gasteiger partial charge in [0.15, 0.2) is 5.78 Å². The number of carbonyl (C=O) groups is 1. The molecule has 110 valence electrons. The number of aryl methyl sites for hydroxylation is 2. The predicted octanol–water partition coefficient (Wildman–Crippen LogP) is 3.18. The molecule has 0 amide bonds. The van der Waals surface area contributed by atoms with Gasteiger partial charge in [-0.1, -0.05) is 17.3 Å². The Balaban J connectivity index is 0.000000211. The van der Waals surface area contributed by atoms with E-state index in [9.17, 15) is 4.79 Å². The molecule has 0 aromatic carbocycles. The van der Waals surface area contributed by atoms with Crippen molar-refractivity contribution in [2.75, 3.05) is 0 Å². The van der Waals surface area contributed by atoms with Crippen molar-refractivity contribution < 1.29 is 10.0 Å². The molecular formula is C16H19N3O2. The Morgan fingerprint density at radius 2 is 1.43 bits per heavy atom. The highest BCUT2D eigenvalue weighted by atomic mass is 16.4. The Bertz CT molecular complexity index is 651. The van der Waals surface area contributed by atoms with Gasteiger partial charge in [-0.3, -0.25) is 14.8 Å². The average molecular weight is 285 g/mol. The number of rotatable bonds is 2. The van der Waals surface area contributed by atoms with Gasteiger partial charge in [0.1, 0.15) is 11.4 Å². The number of pyridine rings is 2. The summed E-state index contributed by atoms with van der Waals surface area (Å²) in [7, 11) is 0. The zero-order valence-corrected chi connectivity index (χ0v) is 12.7. The van der Waals surface area contributed by atoms with Gasteiger partial charge >= 0.3 is 0 Å². The summed E-state index contributed by atoms with van der Waals surface area (Å²) in [6.45, 7) is 6.99. The highest BCUT2D eigenvalue weighted by Gasteiger charge is 1.98. The summed E-state index contributed by atoms with van der Waals surface area (Å²) in [5.74, 6) is 0.0173. The van der Waals surface area contributed by atoms with E-state index in [1.165, 1.54) is 6.92 Å². The lowest BCUT2D eigenvalue weighted by Crippen LogP contribution is -1.98. The molecule has 0 fully saturated rings. The van der Waals surface area contributed by atoms with Crippen LogP contribution in [0, 0.1) is 13.8 Å². The summed E-state index contributed by atoms with van der Waals surface area (Å²) in [5.41, 5.74) is 3.60. The number of ketones is 1. The average Bonchev–Trinajstić information content (AvgIpc) is 2.47. The molecule has 2 aromatic rings. The molecule has 0 radical (unpaired) electrons. The van der Waals surface area contributed by atoms with Gasteiger partial charge in [0, 0.05) is 18.3 Å². The molecule has 0 aliphatic rings. The number of carbonyl (C=O) groups excluding carboxylic acids is 1. The Morgan fingerprint density at radius 1 is 0.952 bits per heavy atom. The van der Waals surface area contributed by atoms with Crippen molar-refractivity contribution in [1.82, 2.24) is 9.97 Å². The first kappa shape index (κ1) is 16.5. The molecule has 5 heteroatoms. The maximum absolute atomic E-state index is 10.7. The van der Waals surface area contributed by atoms with E-state index in [1.54, 1.807) is 13.0 Å². The van der Waals surface area contributed by atoms with E-state index in [-0.39, 0.29) is 5.78 Å². The number of Topliss-reactive ketones (excluding diaryl/α,β-unsaturated/α-hetero) is 1. The van der Waals surface area contributed by atoms with E-state index in [1.807, 2.05) is 44.2 Å². The van der Waals surface area contributed by atoms with Crippen molar-refractivity contribution in [2.24, 2.45) is 5.16 Å². The van der Waals surface area contributed by atoms with Gasteiger partial charge in [-0.25, -0.2) is 0 Å². The molecule has 0 spiro atoms. The smallest absolute Gasteiger partial charge is 0.178 e. The summed E-state index contributed by atoms with van der Waals surface area (Å²) in [5, 5.41) is 11.5. The fraction of sp³-hybridized carbons (Fsp3) is 0.250. The Kier molecular flexibility index (Phi) is 6.20. The fourth-order valence-corrected chi connectivity index (χ4v) is 1.53. The largest absolute Gasteiger partial charge is 0.411 e. The molecule has 21 heavy (non-hydrogen) atoms. The molecule has 0 bridgehead atoms. The minimum absolute atomic E-state index is 0.0173. The zero-order chi connectivity index (χ0) is 15.8. The minimum atomic E-state index is 0.0173. The number of aromatic nitrogens is 2. The van der Waals surface area contributed by atoms with Gasteiger partial charge < -0.3 is 5.21 Å². The van der Waals surface area contributed by atoms with E-state index < -0.39 is 0 Å². The third-order valence-electron chi connectivity index (χ3n) is 2.66. The first-order valence-corrected chi connectivity index (χ1v) is 6.51. The molecule has 0 saturated heterocycles. The van der Waals surface area contributed by atoms with E-state index in [0.29, 0.717) is 17.1 Å². The summed E-state index contributed by atoms with van der Waals surface area (Å²) < 4.78 is 0. The lowest BCUT2D eigenvalue weighted by atomic mass is 10.2. The van der Waals surface area contributed by atoms with Gasteiger partial charge in [0.05, 0.1) is 5.69 Å². The third-order valence-corrected chi connectivity index (χ3v) is 2.66. The van der Waals surface area contributed by atoms with Crippen LogP contribution in [0.1, 0.15) is 41.4 Å². The van der Waals surface area contributed by atoms with E-state index in [0.717, 1.165) is 11.4 Å². The minimum Gasteiger partial charge on any atom is -0.411 e. The van der Waals surface area contributed by atoms with Crippen LogP contribution >= 0.6 is 0 Å². The van der Waals surface area contributed by atoms with Crippen LogP contribution < -0.4 is 0 Å². The zero-order valence-electron chi connectivity index (χ0n) is 12.7. The highest BCUT2D eigenvalue weighted by molar-refractivity contribution is 5.96. The second-order valence-electron chi connectivity index (χ2n) is 4.57. The molecule has 1 N–H and O–H groups in total. The Labute approximate surface area is 124 Å². The fourth-order valence-electron chi connectivity index (χ4n) is 1.53. The van der Waals surface area contributed by atoms with E-state index in [2.05, 4.69) is 15.1 Å². The molecule has 0 aliphatic heterocycles. The molecule has 2 rings (SSSR count). The molecule has 0 aliphatic carbocycles. The molecule has 0 saturated carbocycles. The van der Waals surface area contributed by atoms with Crippen molar-refractivity contribution >= 4 is 11.5 Å². The molecule has 0 unspecified atom stereocenters. The number of nitrogens with zero attached hydrogens (tertiary/aromatic N) is 3. The van der Waals surface area contributed by atoms with Crippen LogP contribution in [0.3, 0.4) is 0 Å². The van der Waals surface area contributed by atoms with Gasteiger partial charge in [-0.05, 0) is 45.0 Å². The quantitative estimate of drug-likeness (QED) is 0.398. The third kappa shape index (κ3) is 5.52. The number of hydrogen-bond donors (Lipinski definition) is 1. The van der Waals surface area contributed by atoms with Gasteiger partial charge in [-0.2, -0.15) is 0 Å². The first-order valence-electron chi connectivity index (χ1n) is 6.51. The topological polar surface area (TPSA) is 75.4 Å². The van der Waals surface area contributed by atoms with Crippen LogP contribution in [0.5, 0.6) is 0 Å². The van der Waals surface area contributed by atoms with Crippen molar-refractivity contribution in [1.29, 1.82) is 0 Å². The number of oxime groups is 1. The SMILES string of the molecule is C/C(=N\O)c1cccc(C)n1.CC(=O)c1cccc(C)n1. The van der Waals surface area contributed by atoms with Crippen LogP contribution in [0.4, 0.5) is 0 Å². The van der Waals surface area contributed by atoms with Gasteiger partial charge in [0.25, 0.3) is 0 Å². The van der Waals surface area contributed by atoms with Crippen LogP contribution in [-0.4, -0.2) is 26.7 Å². The lowest BCUT2D eigenvalue weighted by Gasteiger charge is -1.97. The second kappa shape index (κ2) is 7.89. The van der Waals surface area contributed by atoms with Gasteiger partial charge in [0.2, 0.25) is 0 Å².